The number of rotatable bonds is 6. The molecule has 0 fully saturated rings. The Morgan fingerprint density at radius 2 is 1.80 bits per heavy atom. The van der Waals surface area contributed by atoms with Gasteiger partial charge in [-0.2, -0.15) is 11.8 Å². The lowest BCUT2D eigenvalue weighted by atomic mass is 9.97. The molecule has 2 rings (SSSR count). The summed E-state index contributed by atoms with van der Waals surface area (Å²) in [4.78, 5) is 0. The third-order valence-corrected chi connectivity index (χ3v) is 4.20. The monoisotopic (exact) mass is 302 g/mol. The zero-order valence-corrected chi connectivity index (χ0v) is 13.3. The highest BCUT2D eigenvalue weighted by Gasteiger charge is 2.04. The molecule has 0 aromatic heterocycles. The van der Waals surface area contributed by atoms with Crippen LogP contribution in [0.1, 0.15) is 24.5 Å². The lowest BCUT2D eigenvalue weighted by Crippen LogP contribution is -1.89. The fourth-order valence-electron chi connectivity index (χ4n) is 2.11. The molecule has 0 saturated heterocycles. The van der Waals surface area contributed by atoms with Crippen molar-refractivity contribution < 1.29 is 0 Å². The Morgan fingerprint density at radius 3 is 2.50 bits per heavy atom. The van der Waals surface area contributed by atoms with Crippen LogP contribution in [-0.4, -0.2) is 11.5 Å². The highest BCUT2D eigenvalue weighted by Crippen LogP contribution is 2.26. The van der Waals surface area contributed by atoms with Gasteiger partial charge in [0.15, 0.2) is 0 Å². The van der Waals surface area contributed by atoms with Gasteiger partial charge < -0.3 is 0 Å². The van der Waals surface area contributed by atoms with Crippen LogP contribution in [0.25, 0.3) is 5.57 Å². The molecular weight excluding hydrogens is 284 g/mol. The van der Waals surface area contributed by atoms with E-state index in [9.17, 15) is 0 Å². The minimum absolute atomic E-state index is 0.785. The van der Waals surface area contributed by atoms with Gasteiger partial charge in [-0.1, -0.05) is 67.1 Å². The molecule has 0 aliphatic heterocycles. The maximum atomic E-state index is 6.13. The molecule has 0 saturated carbocycles. The number of hydrogen-bond acceptors (Lipinski definition) is 1. The summed E-state index contributed by atoms with van der Waals surface area (Å²) in [5.41, 5.74) is 3.70. The Morgan fingerprint density at radius 1 is 1.05 bits per heavy atom. The van der Waals surface area contributed by atoms with Crippen LogP contribution in [0.5, 0.6) is 0 Å². The lowest BCUT2D eigenvalue weighted by molar-refractivity contribution is 1.24. The van der Waals surface area contributed by atoms with Crippen molar-refractivity contribution >= 4 is 28.9 Å². The normalized spacial score (nSPS) is 11.6. The Balaban J connectivity index is 2.29. The Kier molecular flexibility index (Phi) is 6.23. The molecule has 0 aliphatic rings. The largest absolute Gasteiger partial charge is 0.162 e. The van der Waals surface area contributed by atoms with Crippen molar-refractivity contribution in [2.24, 2.45) is 0 Å². The van der Waals surface area contributed by atoms with Gasteiger partial charge in [0.25, 0.3) is 0 Å². The van der Waals surface area contributed by atoms with E-state index in [2.05, 4.69) is 43.3 Å². The summed E-state index contributed by atoms with van der Waals surface area (Å²) in [6, 6.07) is 18.6. The van der Waals surface area contributed by atoms with Crippen LogP contribution in [0, 0.1) is 0 Å². The third kappa shape index (κ3) is 4.43. The number of thioether (sulfide) groups is 1. The van der Waals surface area contributed by atoms with Gasteiger partial charge in [0.05, 0.1) is 0 Å². The second-order valence-corrected chi connectivity index (χ2v) is 6.31. The predicted octanol–water partition coefficient (Wildman–Crippen LogP) is 5.91. The van der Waals surface area contributed by atoms with Crippen LogP contribution in [0.4, 0.5) is 0 Å². The maximum absolute atomic E-state index is 6.13. The summed E-state index contributed by atoms with van der Waals surface area (Å²) < 4.78 is 0. The van der Waals surface area contributed by atoms with E-state index >= 15 is 0 Å². The second-order valence-electron chi connectivity index (χ2n) is 4.48. The van der Waals surface area contributed by atoms with Crippen LogP contribution < -0.4 is 0 Å². The molecule has 0 heterocycles. The molecule has 20 heavy (non-hydrogen) atoms. The van der Waals surface area contributed by atoms with E-state index in [0.717, 1.165) is 17.2 Å². The van der Waals surface area contributed by atoms with E-state index in [4.69, 9.17) is 11.6 Å². The van der Waals surface area contributed by atoms with Crippen molar-refractivity contribution in [2.75, 3.05) is 11.5 Å². The minimum Gasteiger partial charge on any atom is -0.162 e. The van der Waals surface area contributed by atoms with Gasteiger partial charge in [-0.3, -0.25) is 0 Å². The Bertz CT molecular complexity index is 561. The third-order valence-electron chi connectivity index (χ3n) is 3.04. The Labute approximate surface area is 130 Å². The van der Waals surface area contributed by atoms with E-state index in [-0.39, 0.29) is 0 Å². The lowest BCUT2D eigenvalue weighted by Gasteiger charge is -2.09. The molecule has 0 bridgehead atoms. The van der Waals surface area contributed by atoms with Crippen LogP contribution in [0.15, 0.2) is 60.7 Å². The first-order valence-electron chi connectivity index (χ1n) is 6.90. The van der Waals surface area contributed by atoms with Gasteiger partial charge in [-0.15, -0.1) is 0 Å². The van der Waals surface area contributed by atoms with Crippen LogP contribution in [-0.2, 0) is 0 Å². The van der Waals surface area contributed by atoms with Crippen LogP contribution in [0.2, 0.25) is 5.02 Å². The summed E-state index contributed by atoms with van der Waals surface area (Å²) >= 11 is 8.10. The zero-order chi connectivity index (χ0) is 14.2. The first kappa shape index (κ1) is 15.2. The molecule has 0 nitrogen and oxygen atoms in total. The van der Waals surface area contributed by atoms with E-state index in [1.165, 1.54) is 22.5 Å². The number of allylic oxidation sites excluding steroid dienone is 1. The molecule has 0 N–H and O–H groups in total. The van der Waals surface area contributed by atoms with E-state index in [0.29, 0.717) is 0 Å². The van der Waals surface area contributed by atoms with Gasteiger partial charge in [0, 0.05) is 5.02 Å². The van der Waals surface area contributed by atoms with E-state index < -0.39 is 0 Å². The van der Waals surface area contributed by atoms with Crippen molar-refractivity contribution in [3.8, 4) is 0 Å². The number of halogens is 1. The highest BCUT2D eigenvalue weighted by atomic mass is 35.5. The fourth-order valence-corrected chi connectivity index (χ4v) is 2.87. The van der Waals surface area contributed by atoms with E-state index in [1.807, 2.05) is 36.0 Å². The van der Waals surface area contributed by atoms with Crippen molar-refractivity contribution in [2.45, 2.75) is 13.3 Å². The smallest absolute Gasteiger partial charge is 0.0412 e. The van der Waals surface area contributed by atoms with E-state index in [1.54, 1.807) is 0 Å². The molecule has 0 radical (unpaired) electrons. The molecule has 0 spiro atoms. The summed E-state index contributed by atoms with van der Waals surface area (Å²) in [5, 5.41) is 0.785. The molecule has 0 unspecified atom stereocenters. The minimum atomic E-state index is 0.785. The average molecular weight is 303 g/mol. The highest BCUT2D eigenvalue weighted by molar-refractivity contribution is 7.99. The molecule has 0 aliphatic carbocycles. The molecule has 0 amide bonds. The summed E-state index contributed by atoms with van der Waals surface area (Å²) in [7, 11) is 0. The van der Waals surface area contributed by atoms with Gasteiger partial charge >= 0.3 is 0 Å². The maximum Gasteiger partial charge on any atom is 0.0412 e. The fraction of sp³-hybridized carbons (Fsp3) is 0.222. The molecule has 104 valence electrons. The predicted molar refractivity (Wildman–Crippen MR) is 92.6 cm³/mol. The summed E-state index contributed by atoms with van der Waals surface area (Å²) in [5.74, 6) is 2.33. The Hall–Kier alpha value is -1.18. The summed E-state index contributed by atoms with van der Waals surface area (Å²) in [6.07, 6.45) is 3.40. The van der Waals surface area contributed by atoms with Crippen molar-refractivity contribution in [3.05, 3.63) is 76.8 Å². The molecule has 2 aromatic carbocycles. The van der Waals surface area contributed by atoms with Crippen LogP contribution in [0.3, 0.4) is 0 Å². The van der Waals surface area contributed by atoms with Crippen molar-refractivity contribution in [1.82, 2.24) is 0 Å². The average Bonchev–Trinajstić information content (AvgIpc) is 2.48. The van der Waals surface area contributed by atoms with Crippen molar-refractivity contribution in [1.29, 1.82) is 0 Å². The standard InChI is InChI=1S/C18H19ClS/c1-2-20-13-7-12-18(15-8-4-3-5-9-15)16-10-6-11-17(19)14-16/h3-6,8-12,14H,2,7,13H2,1H3/b18-12+. The van der Waals surface area contributed by atoms with Gasteiger partial charge in [0.1, 0.15) is 0 Å². The van der Waals surface area contributed by atoms with Gasteiger partial charge in [-0.05, 0) is 46.8 Å². The first-order chi connectivity index (χ1) is 9.81. The van der Waals surface area contributed by atoms with Gasteiger partial charge in [0.2, 0.25) is 0 Å². The molecular formula is C18H19ClS. The quantitative estimate of drug-likeness (QED) is 0.597. The topological polar surface area (TPSA) is 0 Å². The number of benzene rings is 2. The van der Waals surface area contributed by atoms with Crippen LogP contribution >= 0.6 is 23.4 Å². The number of hydrogen-bond donors (Lipinski definition) is 0. The van der Waals surface area contributed by atoms with Crippen molar-refractivity contribution in [3.63, 3.8) is 0 Å². The van der Waals surface area contributed by atoms with Gasteiger partial charge in [-0.25, -0.2) is 0 Å². The SMILES string of the molecule is CCSCC/C=C(\c1ccccc1)c1cccc(Cl)c1. The first-order valence-corrected chi connectivity index (χ1v) is 8.44. The second kappa shape index (κ2) is 8.18. The molecule has 0 atom stereocenters. The summed E-state index contributed by atoms with van der Waals surface area (Å²) in [6.45, 7) is 2.20. The zero-order valence-electron chi connectivity index (χ0n) is 11.7. The molecule has 2 aromatic rings. The molecule has 2 heteroatoms.